The average molecular weight is 458 g/mol. The molecule has 0 saturated carbocycles. The third kappa shape index (κ3) is 4.05. The number of rotatable bonds is 5. The van der Waals surface area contributed by atoms with E-state index in [0.29, 0.717) is 5.56 Å². The van der Waals surface area contributed by atoms with E-state index >= 15 is 0 Å². The second-order valence-corrected chi connectivity index (χ2v) is 7.14. The molecular weight excluding hydrogens is 439 g/mol. The number of amides is 1. The minimum Gasteiger partial charge on any atom is -0.373 e. The van der Waals surface area contributed by atoms with Crippen molar-refractivity contribution in [3.05, 3.63) is 98.6 Å². The van der Waals surface area contributed by atoms with Crippen molar-refractivity contribution < 1.29 is 10.0 Å². The Morgan fingerprint density at radius 1 is 0.962 bits per heavy atom. The topological polar surface area (TPSA) is 61.4 Å². The molecule has 1 amide bonds. The monoisotopic (exact) mass is 458 g/mol. The van der Waals surface area contributed by atoms with Crippen LogP contribution in [0.2, 0.25) is 0 Å². The Balaban J connectivity index is 2.02. The number of carbonyl (C=O) groups is 1. The van der Waals surface area contributed by atoms with Gasteiger partial charge in [-0.3, -0.25) is 10.0 Å². The summed E-state index contributed by atoms with van der Waals surface area (Å²) in [6.07, 6.45) is 0. The van der Waals surface area contributed by atoms with E-state index in [0.717, 1.165) is 14.8 Å². The number of anilines is 1. The lowest BCUT2D eigenvalue weighted by atomic mass is 9.94. The molecule has 0 spiro atoms. The lowest BCUT2D eigenvalue weighted by molar-refractivity contribution is 0.0706. The van der Waals surface area contributed by atoms with Gasteiger partial charge in [-0.15, -0.1) is 0 Å². The quantitative estimate of drug-likeness (QED) is 0.289. The third-order valence-electron chi connectivity index (χ3n) is 4.28. The van der Waals surface area contributed by atoms with E-state index in [4.69, 9.17) is 5.21 Å². The molecule has 0 aliphatic rings. The first-order valence-corrected chi connectivity index (χ1v) is 9.29. The van der Waals surface area contributed by atoms with Crippen molar-refractivity contribution in [1.82, 2.24) is 5.48 Å². The Labute approximate surface area is 166 Å². The van der Waals surface area contributed by atoms with Gasteiger partial charge in [-0.25, -0.2) is 5.48 Å². The molecule has 1 atom stereocenters. The van der Waals surface area contributed by atoms with Crippen LogP contribution in [0.15, 0.2) is 72.8 Å². The second kappa shape index (κ2) is 8.33. The van der Waals surface area contributed by atoms with Crippen LogP contribution < -0.4 is 10.8 Å². The highest BCUT2D eigenvalue weighted by atomic mass is 127. The van der Waals surface area contributed by atoms with Crippen molar-refractivity contribution in [3.8, 4) is 0 Å². The van der Waals surface area contributed by atoms with Gasteiger partial charge in [0.2, 0.25) is 0 Å². The van der Waals surface area contributed by atoms with Gasteiger partial charge in [0.25, 0.3) is 5.91 Å². The number of carbonyl (C=O) groups excluding carboxylic acids is 1. The summed E-state index contributed by atoms with van der Waals surface area (Å²) < 4.78 is 1.14. The number of para-hydroxylation sites is 1. The fourth-order valence-electron chi connectivity index (χ4n) is 2.88. The third-order valence-corrected chi connectivity index (χ3v) is 5.22. The summed E-state index contributed by atoms with van der Waals surface area (Å²) in [4.78, 5) is 11.6. The van der Waals surface area contributed by atoms with Crippen LogP contribution >= 0.6 is 22.6 Å². The smallest absolute Gasteiger partial charge is 0.274 e. The normalized spacial score (nSPS) is 11.7. The first-order chi connectivity index (χ1) is 12.6. The molecule has 3 aromatic carbocycles. The first-order valence-electron chi connectivity index (χ1n) is 8.21. The highest BCUT2D eigenvalue weighted by Crippen LogP contribution is 2.31. The van der Waals surface area contributed by atoms with Gasteiger partial charge in [0.05, 0.1) is 6.04 Å². The maximum Gasteiger partial charge on any atom is 0.274 e. The number of nitrogens with one attached hydrogen (secondary N) is 2. The second-order valence-electron chi connectivity index (χ2n) is 5.98. The molecule has 0 saturated heterocycles. The maximum atomic E-state index is 11.6. The molecule has 0 heterocycles. The van der Waals surface area contributed by atoms with Crippen molar-refractivity contribution in [2.24, 2.45) is 0 Å². The lowest BCUT2D eigenvalue weighted by Gasteiger charge is -2.23. The molecule has 0 aliphatic carbocycles. The maximum absolute atomic E-state index is 11.6. The number of hydroxylamine groups is 1. The van der Waals surface area contributed by atoms with Gasteiger partial charge in [-0.2, -0.15) is 0 Å². The molecule has 132 valence electrons. The van der Waals surface area contributed by atoms with Crippen LogP contribution in [0.5, 0.6) is 0 Å². The molecule has 0 radical (unpaired) electrons. The Hall–Kier alpha value is -2.38. The van der Waals surface area contributed by atoms with Crippen LogP contribution in [0.25, 0.3) is 0 Å². The molecule has 0 aromatic heterocycles. The predicted molar refractivity (Wildman–Crippen MR) is 111 cm³/mol. The van der Waals surface area contributed by atoms with Gasteiger partial charge in [0.15, 0.2) is 0 Å². The van der Waals surface area contributed by atoms with Gasteiger partial charge in [-0.1, -0.05) is 48.5 Å². The van der Waals surface area contributed by atoms with Gasteiger partial charge < -0.3 is 5.32 Å². The standard InChI is InChI=1S/C21H19IN2O2/c1-14-6-2-3-7-17(14)20(23-19-9-5-4-8-18(19)22)15-10-12-16(13-11-15)21(25)24-26/h2-13,20,23,26H,1H3,(H,24,25). The zero-order valence-electron chi connectivity index (χ0n) is 14.2. The summed E-state index contributed by atoms with van der Waals surface area (Å²) >= 11 is 2.32. The van der Waals surface area contributed by atoms with Crippen molar-refractivity contribution in [2.45, 2.75) is 13.0 Å². The van der Waals surface area contributed by atoms with Crippen molar-refractivity contribution >= 4 is 34.2 Å². The van der Waals surface area contributed by atoms with E-state index in [-0.39, 0.29) is 6.04 Å². The van der Waals surface area contributed by atoms with Gasteiger partial charge in [-0.05, 0) is 70.5 Å². The predicted octanol–water partition coefficient (Wildman–Crippen LogP) is 4.92. The molecule has 0 fully saturated rings. The highest BCUT2D eigenvalue weighted by molar-refractivity contribution is 14.1. The summed E-state index contributed by atoms with van der Waals surface area (Å²) in [5, 5.41) is 12.4. The van der Waals surface area contributed by atoms with E-state index in [9.17, 15) is 4.79 Å². The Kier molecular flexibility index (Phi) is 5.90. The minimum absolute atomic E-state index is 0.0571. The molecule has 1 unspecified atom stereocenters. The Bertz CT molecular complexity index is 910. The molecule has 0 aliphatic heterocycles. The van der Waals surface area contributed by atoms with Crippen LogP contribution in [0.3, 0.4) is 0 Å². The minimum atomic E-state index is -0.519. The molecule has 3 rings (SSSR count). The molecule has 3 aromatic rings. The number of hydrogen-bond acceptors (Lipinski definition) is 3. The van der Waals surface area contributed by atoms with Crippen LogP contribution in [-0.2, 0) is 0 Å². The van der Waals surface area contributed by atoms with Crippen molar-refractivity contribution in [1.29, 1.82) is 0 Å². The van der Waals surface area contributed by atoms with Crippen molar-refractivity contribution in [2.75, 3.05) is 5.32 Å². The number of halogens is 1. The summed E-state index contributed by atoms with van der Waals surface area (Å²) in [6, 6.07) is 23.6. The summed E-state index contributed by atoms with van der Waals surface area (Å²) in [5.41, 5.74) is 6.52. The molecule has 5 heteroatoms. The number of benzene rings is 3. The highest BCUT2D eigenvalue weighted by Gasteiger charge is 2.17. The Morgan fingerprint density at radius 2 is 1.62 bits per heavy atom. The average Bonchev–Trinajstić information content (AvgIpc) is 2.68. The molecule has 3 N–H and O–H groups in total. The van der Waals surface area contributed by atoms with Gasteiger partial charge in [0, 0.05) is 14.8 Å². The zero-order valence-corrected chi connectivity index (χ0v) is 16.4. The Morgan fingerprint density at radius 3 is 2.27 bits per heavy atom. The zero-order chi connectivity index (χ0) is 18.5. The van der Waals surface area contributed by atoms with Crippen LogP contribution in [0.4, 0.5) is 5.69 Å². The largest absolute Gasteiger partial charge is 0.373 e. The summed E-state index contributed by atoms with van der Waals surface area (Å²) in [5.74, 6) is -0.519. The van der Waals surface area contributed by atoms with E-state index in [1.807, 2.05) is 36.4 Å². The SMILES string of the molecule is Cc1ccccc1C(Nc1ccccc1I)c1ccc(C(=O)NO)cc1. The summed E-state index contributed by atoms with van der Waals surface area (Å²) in [7, 11) is 0. The molecule has 4 nitrogen and oxygen atoms in total. The van der Waals surface area contributed by atoms with Gasteiger partial charge in [0.1, 0.15) is 0 Å². The fourth-order valence-corrected chi connectivity index (χ4v) is 3.42. The number of aryl methyl sites for hydroxylation is 1. The van der Waals surface area contributed by atoms with Crippen molar-refractivity contribution in [3.63, 3.8) is 0 Å². The molecular formula is C21H19IN2O2. The van der Waals surface area contributed by atoms with E-state index in [1.54, 1.807) is 17.6 Å². The van der Waals surface area contributed by atoms with E-state index in [2.05, 4.69) is 59.1 Å². The molecule has 0 bridgehead atoms. The first kappa shape index (κ1) is 18.4. The summed E-state index contributed by atoms with van der Waals surface area (Å²) in [6.45, 7) is 2.09. The van der Waals surface area contributed by atoms with Crippen LogP contribution in [0.1, 0.15) is 33.1 Å². The lowest BCUT2D eigenvalue weighted by Crippen LogP contribution is -2.19. The number of hydrogen-bond donors (Lipinski definition) is 3. The van der Waals surface area contributed by atoms with Crippen LogP contribution in [-0.4, -0.2) is 11.1 Å². The van der Waals surface area contributed by atoms with Crippen LogP contribution in [0, 0.1) is 10.5 Å². The van der Waals surface area contributed by atoms with E-state index < -0.39 is 5.91 Å². The van der Waals surface area contributed by atoms with Gasteiger partial charge >= 0.3 is 0 Å². The fraction of sp³-hybridized carbons (Fsp3) is 0.0952. The van der Waals surface area contributed by atoms with E-state index in [1.165, 1.54) is 11.1 Å². The molecule has 26 heavy (non-hydrogen) atoms.